The second-order valence-corrected chi connectivity index (χ2v) is 5.93. The van der Waals surface area contributed by atoms with Crippen LogP contribution in [0.3, 0.4) is 0 Å². The average molecular weight is 310 g/mol. The molecule has 0 spiro atoms. The number of carbonyl (C=O) groups is 1. The number of nitrogens with zero attached hydrogens (tertiary/aromatic N) is 1. The van der Waals surface area contributed by atoms with Gasteiger partial charge < -0.3 is 15.4 Å². The van der Waals surface area contributed by atoms with Crippen LogP contribution in [0.15, 0.2) is 54.6 Å². The molecule has 1 saturated heterocycles. The van der Waals surface area contributed by atoms with Gasteiger partial charge in [-0.3, -0.25) is 4.79 Å². The Morgan fingerprint density at radius 3 is 2.70 bits per heavy atom. The van der Waals surface area contributed by atoms with Gasteiger partial charge in [0.05, 0.1) is 6.10 Å². The van der Waals surface area contributed by atoms with E-state index < -0.39 is 0 Å². The van der Waals surface area contributed by atoms with Crippen molar-refractivity contribution in [2.45, 2.75) is 25.5 Å². The predicted octanol–water partition coefficient (Wildman–Crippen LogP) is 3.09. The van der Waals surface area contributed by atoms with E-state index in [-0.39, 0.29) is 12.0 Å². The number of amides is 1. The summed E-state index contributed by atoms with van der Waals surface area (Å²) < 4.78 is 5.71. The highest BCUT2D eigenvalue weighted by atomic mass is 16.5. The summed E-state index contributed by atoms with van der Waals surface area (Å²) in [6, 6.07) is 17.2. The standard InChI is InChI=1S/C19H22N2O2/c20-17-9-4-8-16(12-17)19(22)21(14-18-10-5-11-23-18)13-15-6-2-1-3-7-15/h1-4,6-9,12,18H,5,10-11,13-14,20H2. The molecule has 1 amide bonds. The van der Waals surface area contributed by atoms with Crippen molar-refractivity contribution in [1.29, 1.82) is 0 Å². The van der Waals surface area contributed by atoms with Crippen LogP contribution in [0.2, 0.25) is 0 Å². The normalized spacial score (nSPS) is 17.1. The molecule has 3 rings (SSSR count). The quantitative estimate of drug-likeness (QED) is 0.863. The van der Waals surface area contributed by atoms with Crippen molar-refractivity contribution in [3.63, 3.8) is 0 Å². The maximum absolute atomic E-state index is 12.9. The van der Waals surface area contributed by atoms with Gasteiger partial charge in [0.15, 0.2) is 0 Å². The molecule has 2 aromatic rings. The minimum absolute atomic E-state index is 0.00310. The number of anilines is 1. The smallest absolute Gasteiger partial charge is 0.254 e. The molecule has 2 N–H and O–H groups in total. The van der Waals surface area contributed by atoms with Gasteiger partial charge in [-0.2, -0.15) is 0 Å². The number of rotatable bonds is 5. The summed E-state index contributed by atoms with van der Waals surface area (Å²) in [5, 5.41) is 0. The molecule has 1 aliphatic heterocycles. The molecule has 0 aliphatic carbocycles. The van der Waals surface area contributed by atoms with Gasteiger partial charge in [0.2, 0.25) is 0 Å². The van der Waals surface area contributed by atoms with Gasteiger partial charge in [-0.1, -0.05) is 36.4 Å². The number of benzene rings is 2. The summed E-state index contributed by atoms with van der Waals surface area (Å²) in [5.74, 6) is -0.00310. The van der Waals surface area contributed by atoms with E-state index in [9.17, 15) is 4.79 Å². The van der Waals surface area contributed by atoms with Crippen LogP contribution in [0.25, 0.3) is 0 Å². The molecular formula is C19H22N2O2. The Kier molecular flexibility index (Phi) is 4.93. The lowest BCUT2D eigenvalue weighted by Gasteiger charge is -2.26. The number of carbonyl (C=O) groups excluding carboxylic acids is 1. The van der Waals surface area contributed by atoms with Crippen molar-refractivity contribution >= 4 is 11.6 Å². The summed E-state index contributed by atoms with van der Waals surface area (Å²) >= 11 is 0. The van der Waals surface area contributed by atoms with E-state index in [4.69, 9.17) is 10.5 Å². The zero-order chi connectivity index (χ0) is 16.1. The van der Waals surface area contributed by atoms with Crippen LogP contribution in [-0.2, 0) is 11.3 Å². The number of ether oxygens (including phenoxy) is 1. The Morgan fingerprint density at radius 2 is 2.00 bits per heavy atom. The lowest BCUT2D eigenvalue weighted by Crippen LogP contribution is -2.37. The SMILES string of the molecule is Nc1cccc(C(=O)N(Cc2ccccc2)CC2CCCO2)c1. The van der Waals surface area contributed by atoms with E-state index in [1.807, 2.05) is 47.4 Å². The lowest BCUT2D eigenvalue weighted by molar-refractivity contribution is 0.0507. The van der Waals surface area contributed by atoms with Gasteiger partial charge in [0, 0.05) is 30.9 Å². The maximum atomic E-state index is 12.9. The highest BCUT2D eigenvalue weighted by molar-refractivity contribution is 5.95. The van der Waals surface area contributed by atoms with Crippen LogP contribution in [0.1, 0.15) is 28.8 Å². The monoisotopic (exact) mass is 310 g/mol. The molecular weight excluding hydrogens is 288 g/mol. The van der Waals surface area contributed by atoms with E-state index in [0.29, 0.717) is 24.3 Å². The summed E-state index contributed by atoms with van der Waals surface area (Å²) in [7, 11) is 0. The fourth-order valence-electron chi connectivity index (χ4n) is 2.91. The first-order valence-electron chi connectivity index (χ1n) is 8.03. The van der Waals surface area contributed by atoms with Crippen molar-refractivity contribution in [3.05, 3.63) is 65.7 Å². The Bertz CT molecular complexity index is 651. The molecule has 1 unspecified atom stereocenters. The van der Waals surface area contributed by atoms with Crippen LogP contribution < -0.4 is 5.73 Å². The molecule has 120 valence electrons. The molecule has 0 bridgehead atoms. The topological polar surface area (TPSA) is 55.6 Å². The molecule has 1 heterocycles. The van der Waals surface area contributed by atoms with Crippen LogP contribution in [0.4, 0.5) is 5.69 Å². The summed E-state index contributed by atoms with van der Waals surface area (Å²) in [6.07, 6.45) is 2.20. The summed E-state index contributed by atoms with van der Waals surface area (Å²) in [4.78, 5) is 14.8. The lowest BCUT2D eigenvalue weighted by atomic mass is 10.1. The molecule has 2 aromatic carbocycles. The van der Waals surface area contributed by atoms with Crippen LogP contribution in [0, 0.1) is 0 Å². The van der Waals surface area contributed by atoms with E-state index in [2.05, 4.69) is 0 Å². The maximum Gasteiger partial charge on any atom is 0.254 e. The van der Waals surface area contributed by atoms with E-state index in [1.165, 1.54) is 0 Å². The molecule has 0 aromatic heterocycles. The fraction of sp³-hybridized carbons (Fsp3) is 0.316. The summed E-state index contributed by atoms with van der Waals surface area (Å²) in [6.45, 7) is 1.98. The van der Waals surface area contributed by atoms with Gasteiger partial charge >= 0.3 is 0 Å². The van der Waals surface area contributed by atoms with Crippen molar-refractivity contribution in [3.8, 4) is 0 Å². The third kappa shape index (κ3) is 4.11. The first kappa shape index (κ1) is 15.6. The van der Waals surface area contributed by atoms with Crippen molar-refractivity contribution in [1.82, 2.24) is 4.90 Å². The zero-order valence-electron chi connectivity index (χ0n) is 13.2. The van der Waals surface area contributed by atoms with E-state index in [0.717, 1.165) is 25.0 Å². The van der Waals surface area contributed by atoms with Gasteiger partial charge in [0.1, 0.15) is 0 Å². The van der Waals surface area contributed by atoms with Gasteiger partial charge in [0.25, 0.3) is 5.91 Å². The molecule has 0 saturated carbocycles. The number of hydrogen-bond acceptors (Lipinski definition) is 3. The largest absolute Gasteiger partial charge is 0.399 e. The minimum atomic E-state index is -0.00310. The van der Waals surface area contributed by atoms with Crippen molar-refractivity contribution in [2.75, 3.05) is 18.9 Å². The Hall–Kier alpha value is -2.33. The first-order valence-corrected chi connectivity index (χ1v) is 8.03. The second-order valence-electron chi connectivity index (χ2n) is 5.93. The Morgan fingerprint density at radius 1 is 1.17 bits per heavy atom. The van der Waals surface area contributed by atoms with Gasteiger partial charge in [-0.25, -0.2) is 0 Å². The third-order valence-corrected chi connectivity index (χ3v) is 4.09. The Balaban J connectivity index is 1.79. The molecule has 4 nitrogen and oxygen atoms in total. The highest BCUT2D eigenvalue weighted by Crippen LogP contribution is 2.18. The molecule has 1 aliphatic rings. The predicted molar refractivity (Wildman–Crippen MR) is 91.0 cm³/mol. The Labute approximate surface area is 136 Å². The molecule has 23 heavy (non-hydrogen) atoms. The van der Waals surface area contributed by atoms with E-state index in [1.54, 1.807) is 12.1 Å². The van der Waals surface area contributed by atoms with Crippen molar-refractivity contribution in [2.24, 2.45) is 0 Å². The molecule has 0 radical (unpaired) electrons. The second kappa shape index (κ2) is 7.29. The zero-order valence-corrected chi connectivity index (χ0v) is 13.2. The summed E-state index contributed by atoms with van der Waals surface area (Å²) in [5.41, 5.74) is 8.16. The number of nitrogen functional groups attached to an aromatic ring is 1. The first-order chi connectivity index (χ1) is 11.2. The molecule has 4 heteroatoms. The van der Waals surface area contributed by atoms with Gasteiger partial charge in [-0.05, 0) is 36.6 Å². The van der Waals surface area contributed by atoms with E-state index >= 15 is 0 Å². The van der Waals surface area contributed by atoms with Crippen molar-refractivity contribution < 1.29 is 9.53 Å². The number of nitrogens with two attached hydrogens (primary N) is 1. The molecule has 1 atom stereocenters. The third-order valence-electron chi connectivity index (χ3n) is 4.09. The molecule has 1 fully saturated rings. The number of hydrogen-bond donors (Lipinski definition) is 1. The van der Waals surface area contributed by atoms with Crippen LogP contribution in [-0.4, -0.2) is 30.1 Å². The minimum Gasteiger partial charge on any atom is -0.399 e. The fourth-order valence-corrected chi connectivity index (χ4v) is 2.91. The van der Waals surface area contributed by atoms with Crippen LogP contribution in [0.5, 0.6) is 0 Å². The highest BCUT2D eigenvalue weighted by Gasteiger charge is 2.23. The van der Waals surface area contributed by atoms with Gasteiger partial charge in [-0.15, -0.1) is 0 Å². The average Bonchev–Trinajstić information content (AvgIpc) is 3.08. The van der Waals surface area contributed by atoms with Crippen LogP contribution >= 0.6 is 0 Å².